The molecule has 0 radical (unpaired) electrons. The number of rotatable bonds is 4. The molecule has 0 aromatic carbocycles. The zero-order chi connectivity index (χ0) is 10.6. The van der Waals surface area contributed by atoms with Gasteiger partial charge < -0.3 is 5.32 Å². The maximum Gasteiger partial charge on any atom is 0.00966 e. The van der Waals surface area contributed by atoms with Crippen molar-refractivity contribution in [3.8, 4) is 0 Å². The first-order valence-corrected chi connectivity index (χ1v) is 6.28. The van der Waals surface area contributed by atoms with Crippen molar-refractivity contribution in [3.63, 3.8) is 0 Å². The molecular weight excluding hydrogens is 170 g/mol. The van der Waals surface area contributed by atoms with Gasteiger partial charge in [-0.05, 0) is 39.2 Å². The van der Waals surface area contributed by atoms with Gasteiger partial charge in [-0.1, -0.05) is 39.0 Å². The van der Waals surface area contributed by atoms with Gasteiger partial charge in [0.05, 0.1) is 0 Å². The summed E-state index contributed by atoms with van der Waals surface area (Å²) in [6.45, 7) is 10.3. The van der Waals surface area contributed by atoms with Crippen LogP contribution >= 0.6 is 0 Å². The molecular formula is C13H27N. The smallest absolute Gasteiger partial charge is 0.00966 e. The van der Waals surface area contributed by atoms with Crippen LogP contribution in [-0.4, -0.2) is 12.1 Å². The van der Waals surface area contributed by atoms with Crippen molar-refractivity contribution in [2.75, 3.05) is 6.54 Å². The molecule has 0 bridgehead atoms. The molecule has 1 N–H and O–H groups in total. The van der Waals surface area contributed by atoms with Crippen LogP contribution in [0.3, 0.4) is 0 Å². The Morgan fingerprint density at radius 2 is 1.79 bits per heavy atom. The van der Waals surface area contributed by atoms with Crippen molar-refractivity contribution >= 4 is 0 Å². The Labute approximate surface area is 89.7 Å². The number of hydrogen-bond donors (Lipinski definition) is 1. The van der Waals surface area contributed by atoms with Crippen LogP contribution in [0.5, 0.6) is 0 Å². The lowest BCUT2D eigenvalue weighted by Gasteiger charge is -2.28. The maximum atomic E-state index is 3.65. The molecule has 0 saturated heterocycles. The highest BCUT2D eigenvalue weighted by Crippen LogP contribution is 2.32. The van der Waals surface area contributed by atoms with Crippen molar-refractivity contribution in [1.82, 2.24) is 5.32 Å². The van der Waals surface area contributed by atoms with Gasteiger partial charge in [-0.3, -0.25) is 0 Å². The van der Waals surface area contributed by atoms with E-state index in [0.29, 0.717) is 0 Å². The van der Waals surface area contributed by atoms with Gasteiger partial charge in [0.1, 0.15) is 0 Å². The zero-order valence-electron chi connectivity index (χ0n) is 10.4. The molecule has 1 unspecified atom stereocenters. The third-order valence-corrected chi connectivity index (χ3v) is 3.49. The van der Waals surface area contributed by atoms with Gasteiger partial charge in [-0.2, -0.15) is 0 Å². The molecule has 1 aliphatic carbocycles. The molecule has 1 fully saturated rings. The second-order valence-corrected chi connectivity index (χ2v) is 5.84. The molecule has 0 amide bonds. The monoisotopic (exact) mass is 197 g/mol. The van der Waals surface area contributed by atoms with Crippen LogP contribution in [0, 0.1) is 11.8 Å². The molecule has 0 aromatic heterocycles. The number of hydrogen-bond acceptors (Lipinski definition) is 1. The van der Waals surface area contributed by atoms with Crippen molar-refractivity contribution < 1.29 is 0 Å². The number of nitrogens with one attached hydrogen (secondary N) is 1. The van der Waals surface area contributed by atoms with E-state index in [0.717, 1.165) is 11.8 Å². The summed E-state index contributed by atoms with van der Waals surface area (Å²) in [6.07, 6.45) is 7.23. The van der Waals surface area contributed by atoms with Crippen molar-refractivity contribution in [3.05, 3.63) is 0 Å². The van der Waals surface area contributed by atoms with E-state index < -0.39 is 0 Å². The van der Waals surface area contributed by atoms with Crippen LogP contribution in [0.4, 0.5) is 0 Å². The van der Waals surface area contributed by atoms with Gasteiger partial charge >= 0.3 is 0 Å². The molecule has 1 atom stereocenters. The van der Waals surface area contributed by atoms with Gasteiger partial charge in [0, 0.05) is 5.54 Å². The molecule has 84 valence electrons. The van der Waals surface area contributed by atoms with E-state index in [1.165, 1.54) is 38.6 Å². The maximum absolute atomic E-state index is 3.65. The third-order valence-electron chi connectivity index (χ3n) is 3.49. The molecule has 1 nitrogen and oxygen atoms in total. The minimum atomic E-state index is 0.284. The van der Waals surface area contributed by atoms with Crippen LogP contribution in [0.15, 0.2) is 0 Å². The van der Waals surface area contributed by atoms with E-state index in [9.17, 15) is 0 Å². The SMILES string of the molecule is CCC(CNC(C)(C)C)C1CCCC1. The first-order valence-electron chi connectivity index (χ1n) is 6.28. The summed E-state index contributed by atoms with van der Waals surface area (Å²) in [5, 5.41) is 3.65. The normalized spacial score (nSPS) is 21.4. The molecule has 0 spiro atoms. The first kappa shape index (κ1) is 12.0. The van der Waals surface area contributed by atoms with Gasteiger partial charge in [-0.25, -0.2) is 0 Å². The van der Waals surface area contributed by atoms with Crippen LogP contribution in [-0.2, 0) is 0 Å². The van der Waals surface area contributed by atoms with Gasteiger partial charge in [-0.15, -0.1) is 0 Å². The summed E-state index contributed by atoms with van der Waals surface area (Å²) in [7, 11) is 0. The average Bonchev–Trinajstić information content (AvgIpc) is 2.56. The predicted molar refractivity (Wildman–Crippen MR) is 63.5 cm³/mol. The Bertz CT molecular complexity index is 151. The molecule has 0 heterocycles. The highest BCUT2D eigenvalue weighted by molar-refractivity contribution is 4.79. The standard InChI is InChI=1S/C13H27N/c1-5-11(10-14-13(2,3)4)12-8-6-7-9-12/h11-12,14H,5-10H2,1-4H3. The fraction of sp³-hybridized carbons (Fsp3) is 1.00. The highest BCUT2D eigenvalue weighted by atomic mass is 14.9. The average molecular weight is 197 g/mol. The summed E-state index contributed by atoms with van der Waals surface area (Å²) in [6, 6.07) is 0. The van der Waals surface area contributed by atoms with Crippen molar-refractivity contribution in [2.24, 2.45) is 11.8 Å². The Hall–Kier alpha value is -0.0400. The Kier molecular flexibility index (Phi) is 4.43. The molecule has 1 aliphatic rings. The molecule has 1 heteroatoms. The minimum absolute atomic E-state index is 0.284. The Morgan fingerprint density at radius 3 is 2.21 bits per heavy atom. The lowest BCUT2D eigenvalue weighted by atomic mass is 9.88. The van der Waals surface area contributed by atoms with E-state index in [-0.39, 0.29) is 5.54 Å². The first-order chi connectivity index (χ1) is 6.53. The Balaban J connectivity index is 2.31. The van der Waals surface area contributed by atoms with Crippen LogP contribution < -0.4 is 5.32 Å². The second kappa shape index (κ2) is 5.16. The van der Waals surface area contributed by atoms with E-state index in [1.54, 1.807) is 0 Å². The van der Waals surface area contributed by atoms with E-state index in [4.69, 9.17) is 0 Å². The molecule has 14 heavy (non-hydrogen) atoms. The largest absolute Gasteiger partial charge is 0.312 e. The van der Waals surface area contributed by atoms with E-state index >= 15 is 0 Å². The summed E-state index contributed by atoms with van der Waals surface area (Å²) >= 11 is 0. The van der Waals surface area contributed by atoms with Crippen LogP contribution in [0.2, 0.25) is 0 Å². The fourth-order valence-corrected chi connectivity index (χ4v) is 2.51. The van der Waals surface area contributed by atoms with E-state index in [2.05, 4.69) is 33.0 Å². The minimum Gasteiger partial charge on any atom is -0.312 e. The Morgan fingerprint density at radius 1 is 1.21 bits per heavy atom. The van der Waals surface area contributed by atoms with Crippen LogP contribution in [0.1, 0.15) is 59.8 Å². The molecule has 0 aromatic rings. The van der Waals surface area contributed by atoms with Crippen molar-refractivity contribution in [1.29, 1.82) is 0 Å². The summed E-state index contributed by atoms with van der Waals surface area (Å²) in [5.74, 6) is 1.92. The van der Waals surface area contributed by atoms with Crippen molar-refractivity contribution in [2.45, 2.75) is 65.3 Å². The second-order valence-electron chi connectivity index (χ2n) is 5.84. The highest BCUT2D eigenvalue weighted by Gasteiger charge is 2.24. The van der Waals surface area contributed by atoms with Gasteiger partial charge in [0.25, 0.3) is 0 Å². The van der Waals surface area contributed by atoms with Gasteiger partial charge in [0.2, 0.25) is 0 Å². The predicted octanol–water partition coefficient (Wildman–Crippen LogP) is 3.59. The zero-order valence-corrected chi connectivity index (χ0v) is 10.4. The summed E-state index contributed by atoms with van der Waals surface area (Å²) < 4.78 is 0. The molecule has 0 aliphatic heterocycles. The lowest BCUT2D eigenvalue weighted by Crippen LogP contribution is -2.40. The van der Waals surface area contributed by atoms with E-state index in [1.807, 2.05) is 0 Å². The molecule has 1 rings (SSSR count). The fourth-order valence-electron chi connectivity index (χ4n) is 2.51. The quantitative estimate of drug-likeness (QED) is 0.726. The third kappa shape index (κ3) is 4.00. The summed E-state index contributed by atoms with van der Waals surface area (Å²) in [5.41, 5.74) is 0.284. The summed E-state index contributed by atoms with van der Waals surface area (Å²) in [4.78, 5) is 0. The lowest BCUT2D eigenvalue weighted by molar-refractivity contribution is 0.281. The van der Waals surface area contributed by atoms with Gasteiger partial charge in [0.15, 0.2) is 0 Å². The van der Waals surface area contributed by atoms with Crippen LogP contribution in [0.25, 0.3) is 0 Å². The topological polar surface area (TPSA) is 12.0 Å². The molecule has 1 saturated carbocycles.